The topological polar surface area (TPSA) is 109 Å². The summed E-state index contributed by atoms with van der Waals surface area (Å²) in [6.45, 7) is 1.73. The highest BCUT2D eigenvalue weighted by Crippen LogP contribution is 2.36. The molecule has 150 valence electrons. The van der Waals surface area contributed by atoms with Crippen LogP contribution in [0.15, 0.2) is 22.9 Å². The number of carbonyl (C=O) groups is 3. The SMILES string of the molecule is Cc1oc(CN(C)C(=O)[C@@H]2CCC(=O)N(C)[C@H]2c2cnn(C)c2)cc1C(=O)O. The molecule has 2 aromatic heterocycles. The monoisotopic (exact) mass is 388 g/mol. The van der Waals surface area contributed by atoms with Crippen molar-refractivity contribution < 1.29 is 23.9 Å². The van der Waals surface area contributed by atoms with Crippen LogP contribution in [0.25, 0.3) is 0 Å². The van der Waals surface area contributed by atoms with Gasteiger partial charge in [0.2, 0.25) is 11.8 Å². The highest BCUT2D eigenvalue weighted by atomic mass is 16.4. The maximum absolute atomic E-state index is 13.2. The summed E-state index contributed by atoms with van der Waals surface area (Å²) in [7, 11) is 5.14. The van der Waals surface area contributed by atoms with Gasteiger partial charge in [-0.25, -0.2) is 4.79 Å². The van der Waals surface area contributed by atoms with E-state index in [4.69, 9.17) is 9.52 Å². The van der Waals surface area contributed by atoms with Crippen LogP contribution < -0.4 is 0 Å². The number of piperidine rings is 1. The van der Waals surface area contributed by atoms with Crippen LogP contribution in [0.4, 0.5) is 0 Å². The fourth-order valence-electron chi connectivity index (χ4n) is 3.77. The van der Waals surface area contributed by atoms with Crippen molar-refractivity contribution in [3.63, 3.8) is 0 Å². The largest absolute Gasteiger partial charge is 0.478 e. The third-order valence-electron chi connectivity index (χ3n) is 5.21. The van der Waals surface area contributed by atoms with Gasteiger partial charge in [-0.15, -0.1) is 0 Å². The van der Waals surface area contributed by atoms with Gasteiger partial charge in [0.05, 0.1) is 24.7 Å². The summed E-state index contributed by atoms with van der Waals surface area (Å²) in [5.41, 5.74) is 0.902. The predicted molar refractivity (Wildman–Crippen MR) is 98.3 cm³/mol. The molecule has 0 bridgehead atoms. The summed E-state index contributed by atoms with van der Waals surface area (Å²) in [5, 5.41) is 13.3. The number of amides is 2. The fraction of sp³-hybridized carbons (Fsp3) is 0.474. The highest BCUT2D eigenvalue weighted by Gasteiger charge is 2.40. The van der Waals surface area contributed by atoms with Gasteiger partial charge in [0.25, 0.3) is 0 Å². The number of rotatable bonds is 5. The van der Waals surface area contributed by atoms with Gasteiger partial charge in [0.1, 0.15) is 17.1 Å². The number of furan rings is 1. The molecule has 9 heteroatoms. The Morgan fingerprint density at radius 2 is 2.11 bits per heavy atom. The number of hydrogen-bond acceptors (Lipinski definition) is 5. The van der Waals surface area contributed by atoms with E-state index in [9.17, 15) is 14.4 Å². The molecule has 0 unspecified atom stereocenters. The van der Waals surface area contributed by atoms with Gasteiger partial charge in [-0.3, -0.25) is 14.3 Å². The average molecular weight is 388 g/mol. The smallest absolute Gasteiger partial charge is 0.339 e. The lowest BCUT2D eigenvalue weighted by Crippen LogP contribution is -2.46. The number of hydrogen-bond donors (Lipinski definition) is 1. The van der Waals surface area contributed by atoms with E-state index in [1.807, 2.05) is 6.20 Å². The van der Waals surface area contributed by atoms with Gasteiger partial charge >= 0.3 is 5.97 Å². The first-order valence-corrected chi connectivity index (χ1v) is 9.00. The Bertz CT molecular complexity index is 915. The number of carboxylic acid groups (broad SMARTS) is 1. The number of nitrogens with zero attached hydrogens (tertiary/aromatic N) is 4. The summed E-state index contributed by atoms with van der Waals surface area (Å²) in [4.78, 5) is 39.7. The lowest BCUT2D eigenvalue weighted by atomic mass is 9.84. The van der Waals surface area contributed by atoms with Crippen LogP contribution in [0.3, 0.4) is 0 Å². The Kier molecular flexibility index (Phi) is 5.26. The van der Waals surface area contributed by atoms with Crippen molar-refractivity contribution in [2.75, 3.05) is 14.1 Å². The van der Waals surface area contributed by atoms with E-state index in [0.717, 1.165) is 5.56 Å². The molecule has 2 atom stereocenters. The standard InChI is InChI=1S/C19H24N4O5/c1-11-15(19(26)27)7-13(28-11)10-21(2)18(25)14-5-6-16(24)23(4)17(14)12-8-20-22(3)9-12/h7-9,14,17H,5-6,10H2,1-4H3,(H,26,27)/t14-,17+/m1/s1. The van der Waals surface area contributed by atoms with Crippen molar-refractivity contribution in [3.05, 3.63) is 41.1 Å². The summed E-state index contributed by atoms with van der Waals surface area (Å²) in [5.74, 6) is -0.895. The Balaban J connectivity index is 1.81. The fourth-order valence-corrected chi connectivity index (χ4v) is 3.77. The molecule has 0 saturated carbocycles. The van der Waals surface area contributed by atoms with E-state index < -0.39 is 17.9 Å². The zero-order valence-corrected chi connectivity index (χ0v) is 16.4. The van der Waals surface area contributed by atoms with E-state index in [0.29, 0.717) is 24.4 Å². The first-order chi connectivity index (χ1) is 13.2. The van der Waals surface area contributed by atoms with E-state index in [1.54, 1.807) is 43.8 Å². The molecule has 1 aliphatic heterocycles. The molecule has 0 spiro atoms. The van der Waals surface area contributed by atoms with Gasteiger partial charge in [-0.05, 0) is 19.4 Å². The summed E-state index contributed by atoms with van der Waals surface area (Å²) < 4.78 is 7.13. The molecule has 3 heterocycles. The molecule has 1 N–H and O–H groups in total. The molecule has 0 aliphatic carbocycles. The summed E-state index contributed by atoms with van der Waals surface area (Å²) in [6, 6.07) is 1.05. The molecule has 0 aromatic carbocycles. The minimum Gasteiger partial charge on any atom is -0.478 e. The second-order valence-corrected chi connectivity index (χ2v) is 7.22. The van der Waals surface area contributed by atoms with Crippen molar-refractivity contribution in [2.45, 2.75) is 32.4 Å². The molecule has 28 heavy (non-hydrogen) atoms. The molecular weight excluding hydrogens is 364 g/mol. The maximum atomic E-state index is 13.2. The van der Waals surface area contributed by atoms with E-state index in [2.05, 4.69) is 5.10 Å². The van der Waals surface area contributed by atoms with Crippen LogP contribution in [0.1, 0.15) is 46.3 Å². The van der Waals surface area contributed by atoms with Gasteiger partial charge in [0, 0.05) is 39.3 Å². The molecule has 1 aliphatic rings. The molecule has 2 amide bonds. The summed E-state index contributed by atoms with van der Waals surface area (Å²) in [6.07, 6.45) is 4.24. The first kappa shape index (κ1) is 19.7. The molecule has 0 radical (unpaired) electrons. The maximum Gasteiger partial charge on any atom is 0.339 e. The quantitative estimate of drug-likeness (QED) is 0.833. The number of carbonyl (C=O) groups excluding carboxylic acids is 2. The summed E-state index contributed by atoms with van der Waals surface area (Å²) >= 11 is 0. The first-order valence-electron chi connectivity index (χ1n) is 9.00. The Hall–Kier alpha value is -3.10. The Labute approximate surface area is 162 Å². The Morgan fingerprint density at radius 3 is 2.68 bits per heavy atom. The van der Waals surface area contributed by atoms with Gasteiger partial charge in [0.15, 0.2) is 0 Å². The van der Waals surface area contributed by atoms with Gasteiger partial charge < -0.3 is 19.3 Å². The molecule has 1 saturated heterocycles. The zero-order valence-electron chi connectivity index (χ0n) is 16.4. The van der Waals surface area contributed by atoms with E-state index >= 15 is 0 Å². The third-order valence-corrected chi connectivity index (χ3v) is 5.21. The molecular formula is C19H24N4O5. The van der Waals surface area contributed by atoms with Crippen LogP contribution in [-0.4, -0.2) is 56.6 Å². The zero-order chi connectivity index (χ0) is 20.6. The molecule has 1 fully saturated rings. The van der Waals surface area contributed by atoms with Crippen LogP contribution in [-0.2, 0) is 23.2 Å². The highest BCUT2D eigenvalue weighted by molar-refractivity contribution is 5.89. The second kappa shape index (κ2) is 7.49. The van der Waals surface area contributed by atoms with Crippen molar-refractivity contribution in [1.82, 2.24) is 19.6 Å². The normalized spacial score (nSPS) is 19.7. The van der Waals surface area contributed by atoms with E-state index in [1.165, 1.54) is 11.0 Å². The van der Waals surface area contributed by atoms with Crippen molar-refractivity contribution in [3.8, 4) is 0 Å². The number of aromatic carboxylic acids is 1. The van der Waals surface area contributed by atoms with Crippen LogP contribution in [0.5, 0.6) is 0 Å². The van der Waals surface area contributed by atoms with E-state index in [-0.39, 0.29) is 23.9 Å². The van der Waals surface area contributed by atoms with Gasteiger partial charge in [-0.2, -0.15) is 5.10 Å². The van der Waals surface area contributed by atoms with Gasteiger partial charge in [-0.1, -0.05) is 0 Å². The van der Waals surface area contributed by atoms with Crippen molar-refractivity contribution in [1.29, 1.82) is 0 Å². The number of likely N-dealkylation sites (tertiary alicyclic amines) is 1. The van der Waals surface area contributed by atoms with Crippen molar-refractivity contribution >= 4 is 17.8 Å². The van der Waals surface area contributed by atoms with Crippen LogP contribution in [0, 0.1) is 12.8 Å². The molecule has 9 nitrogen and oxygen atoms in total. The minimum atomic E-state index is -1.06. The molecule has 3 rings (SSSR count). The number of carboxylic acids is 1. The van der Waals surface area contributed by atoms with Crippen LogP contribution >= 0.6 is 0 Å². The second-order valence-electron chi connectivity index (χ2n) is 7.22. The van der Waals surface area contributed by atoms with Crippen molar-refractivity contribution in [2.24, 2.45) is 13.0 Å². The average Bonchev–Trinajstić information content (AvgIpc) is 3.22. The lowest BCUT2D eigenvalue weighted by molar-refractivity contribution is -0.146. The molecule has 2 aromatic rings. The predicted octanol–water partition coefficient (Wildman–Crippen LogP) is 1.59. The number of aromatic nitrogens is 2. The third kappa shape index (κ3) is 3.64. The Morgan fingerprint density at radius 1 is 1.39 bits per heavy atom. The number of aryl methyl sites for hydroxylation is 2. The minimum absolute atomic E-state index is 0.00619. The van der Waals surface area contributed by atoms with Crippen LogP contribution in [0.2, 0.25) is 0 Å². The lowest BCUT2D eigenvalue weighted by Gasteiger charge is -2.39.